The number of anilines is 1. The zero-order valence-electron chi connectivity index (χ0n) is 8.84. The third-order valence-electron chi connectivity index (χ3n) is 2.32. The minimum atomic E-state index is -0.491. The van der Waals surface area contributed by atoms with Gasteiger partial charge >= 0.3 is 0 Å². The third-order valence-corrected chi connectivity index (χ3v) is 3.29. The highest BCUT2D eigenvalue weighted by atomic mass is 32.2. The maximum atomic E-state index is 11.8. The first-order valence-corrected chi connectivity index (χ1v) is 5.94. The zero-order valence-corrected chi connectivity index (χ0v) is 9.66. The SMILES string of the molecule is CCN1C(=O)S[C@@H](Nc2ccccc2)C1=O. The van der Waals surface area contributed by atoms with Gasteiger partial charge in [-0.2, -0.15) is 0 Å². The van der Waals surface area contributed by atoms with E-state index in [4.69, 9.17) is 0 Å². The van der Waals surface area contributed by atoms with Crippen molar-refractivity contribution in [1.82, 2.24) is 4.90 Å². The van der Waals surface area contributed by atoms with Crippen molar-refractivity contribution in [2.24, 2.45) is 0 Å². The molecule has 84 valence electrons. The van der Waals surface area contributed by atoms with E-state index in [0.29, 0.717) is 6.54 Å². The number of amides is 2. The lowest BCUT2D eigenvalue weighted by Gasteiger charge is -2.12. The molecule has 0 unspecified atom stereocenters. The summed E-state index contributed by atoms with van der Waals surface area (Å²) in [7, 11) is 0. The lowest BCUT2D eigenvalue weighted by atomic mass is 10.3. The average molecular weight is 236 g/mol. The number of hydrogen-bond donors (Lipinski definition) is 1. The summed E-state index contributed by atoms with van der Waals surface area (Å²) in [6, 6.07) is 9.40. The number of nitrogens with zero attached hydrogens (tertiary/aromatic N) is 1. The summed E-state index contributed by atoms with van der Waals surface area (Å²) in [4.78, 5) is 24.5. The Balaban J connectivity index is 2.08. The van der Waals surface area contributed by atoms with Gasteiger partial charge in [0.2, 0.25) is 0 Å². The second kappa shape index (κ2) is 4.57. The molecule has 5 heteroatoms. The van der Waals surface area contributed by atoms with Crippen molar-refractivity contribution in [3.05, 3.63) is 30.3 Å². The molecule has 0 radical (unpaired) electrons. The summed E-state index contributed by atoms with van der Waals surface area (Å²) in [5, 5.41) is 2.37. The van der Waals surface area contributed by atoms with Crippen LogP contribution in [0.4, 0.5) is 10.5 Å². The summed E-state index contributed by atoms with van der Waals surface area (Å²) in [6.45, 7) is 2.22. The molecule has 0 bridgehead atoms. The number of nitrogens with one attached hydrogen (secondary N) is 1. The summed E-state index contributed by atoms with van der Waals surface area (Å²) in [5.74, 6) is -0.165. The molecule has 1 aromatic carbocycles. The van der Waals surface area contributed by atoms with E-state index < -0.39 is 5.37 Å². The number of imide groups is 1. The molecule has 0 aliphatic carbocycles. The number of carbonyl (C=O) groups excluding carboxylic acids is 2. The maximum absolute atomic E-state index is 11.8. The van der Waals surface area contributed by atoms with Crippen LogP contribution in [0.15, 0.2) is 30.3 Å². The van der Waals surface area contributed by atoms with Crippen LogP contribution >= 0.6 is 11.8 Å². The van der Waals surface area contributed by atoms with Gasteiger partial charge < -0.3 is 5.32 Å². The van der Waals surface area contributed by atoms with Crippen molar-refractivity contribution in [2.45, 2.75) is 12.3 Å². The first-order valence-electron chi connectivity index (χ1n) is 5.06. The minimum Gasteiger partial charge on any atom is -0.365 e. The fourth-order valence-corrected chi connectivity index (χ4v) is 2.48. The van der Waals surface area contributed by atoms with E-state index in [1.54, 1.807) is 6.92 Å². The number of para-hydroxylation sites is 1. The molecule has 1 aliphatic heterocycles. The van der Waals surface area contributed by atoms with Gasteiger partial charge in [-0.05, 0) is 30.8 Å². The molecule has 2 amide bonds. The van der Waals surface area contributed by atoms with E-state index in [-0.39, 0.29) is 11.1 Å². The van der Waals surface area contributed by atoms with Gasteiger partial charge in [-0.25, -0.2) is 0 Å². The van der Waals surface area contributed by atoms with Crippen molar-refractivity contribution in [3.8, 4) is 0 Å². The van der Waals surface area contributed by atoms with Crippen LogP contribution in [0.3, 0.4) is 0 Å². The van der Waals surface area contributed by atoms with Crippen molar-refractivity contribution >= 4 is 28.6 Å². The Morgan fingerprint density at radius 3 is 2.56 bits per heavy atom. The van der Waals surface area contributed by atoms with Gasteiger partial charge in [-0.1, -0.05) is 18.2 Å². The predicted octanol–water partition coefficient (Wildman–Crippen LogP) is 2.14. The van der Waals surface area contributed by atoms with Gasteiger partial charge in [-0.3, -0.25) is 14.5 Å². The number of hydrogen-bond acceptors (Lipinski definition) is 4. The Kier molecular flexibility index (Phi) is 3.14. The molecule has 1 aromatic rings. The standard InChI is InChI=1S/C11H12N2O2S/c1-2-13-10(14)9(16-11(13)15)12-8-6-4-3-5-7-8/h3-7,9,12H,2H2,1H3/t9-/m1/s1. The van der Waals surface area contributed by atoms with Crippen molar-refractivity contribution < 1.29 is 9.59 Å². The number of thioether (sulfide) groups is 1. The van der Waals surface area contributed by atoms with E-state index in [0.717, 1.165) is 17.4 Å². The van der Waals surface area contributed by atoms with Crippen LogP contribution < -0.4 is 5.32 Å². The van der Waals surface area contributed by atoms with Crippen LogP contribution in [-0.2, 0) is 4.79 Å². The molecule has 1 fully saturated rings. The van der Waals surface area contributed by atoms with Crippen LogP contribution in [0.25, 0.3) is 0 Å². The highest BCUT2D eigenvalue weighted by Crippen LogP contribution is 2.27. The second-order valence-electron chi connectivity index (χ2n) is 3.36. The molecule has 1 atom stereocenters. The van der Waals surface area contributed by atoms with E-state index in [1.807, 2.05) is 30.3 Å². The molecule has 1 saturated heterocycles. The Labute approximate surface area is 98.0 Å². The fourth-order valence-electron chi connectivity index (χ4n) is 1.51. The lowest BCUT2D eigenvalue weighted by molar-refractivity contribution is -0.126. The second-order valence-corrected chi connectivity index (χ2v) is 4.41. The molecule has 2 rings (SSSR count). The maximum Gasteiger partial charge on any atom is 0.290 e. The van der Waals surface area contributed by atoms with E-state index >= 15 is 0 Å². The normalized spacial score (nSPS) is 20.3. The third kappa shape index (κ3) is 2.04. The molecule has 0 spiro atoms. The number of carbonyl (C=O) groups is 2. The number of rotatable bonds is 3. The van der Waals surface area contributed by atoms with Crippen LogP contribution in [-0.4, -0.2) is 28.0 Å². The van der Waals surface area contributed by atoms with E-state index in [2.05, 4.69) is 5.32 Å². The van der Waals surface area contributed by atoms with Gasteiger partial charge in [0.05, 0.1) is 0 Å². The molecule has 4 nitrogen and oxygen atoms in total. The Hall–Kier alpha value is -1.49. The number of likely N-dealkylation sites (N-methyl/N-ethyl adjacent to an activating group) is 1. The molecule has 1 N–H and O–H groups in total. The van der Waals surface area contributed by atoms with Crippen LogP contribution in [0.2, 0.25) is 0 Å². The predicted molar refractivity (Wildman–Crippen MR) is 64.2 cm³/mol. The van der Waals surface area contributed by atoms with Crippen LogP contribution in [0.1, 0.15) is 6.92 Å². The molecule has 0 saturated carbocycles. The summed E-state index contributed by atoms with van der Waals surface area (Å²) < 4.78 is 0. The first kappa shape index (κ1) is 11.0. The van der Waals surface area contributed by atoms with Gasteiger partial charge in [0, 0.05) is 12.2 Å². The highest BCUT2D eigenvalue weighted by Gasteiger charge is 2.38. The quantitative estimate of drug-likeness (QED) is 0.873. The van der Waals surface area contributed by atoms with Crippen molar-refractivity contribution in [2.75, 3.05) is 11.9 Å². The fraction of sp³-hybridized carbons (Fsp3) is 0.273. The summed E-state index contributed by atoms with van der Waals surface area (Å²) >= 11 is 1.03. The molecular formula is C11H12N2O2S. The van der Waals surface area contributed by atoms with Crippen molar-refractivity contribution in [3.63, 3.8) is 0 Å². The van der Waals surface area contributed by atoms with Crippen LogP contribution in [0, 0.1) is 0 Å². The monoisotopic (exact) mass is 236 g/mol. The Morgan fingerprint density at radius 1 is 1.31 bits per heavy atom. The van der Waals surface area contributed by atoms with Gasteiger partial charge in [-0.15, -0.1) is 0 Å². The van der Waals surface area contributed by atoms with Gasteiger partial charge in [0.25, 0.3) is 11.1 Å². The summed E-state index contributed by atoms with van der Waals surface area (Å²) in [5.41, 5.74) is 0.846. The molecular weight excluding hydrogens is 224 g/mol. The highest BCUT2D eigenvalue weighted by molar-refractivity contribution is 8.15. The van der Waals surface area contributed by atoms with Gasteiger partial charge in [0.15, 0.2) is 5.37 Å². The molecule has 16 heavy (non-hydrogen) atoms. The minimum absolute atomic E-state index is 0.165. The van der Waals surface area contributed by atoms with Crippen molar-refractivity contribution in [1.29, 1.82) is 0 Å². The molecule has 1 aliphatic rings. The largest absolute Gasteiger partial charge is 0.365 e. The molecule has 0 aromatic heterocycles. The lowest BCUT2D eigenvalue weighted by Crippen LogP contribution is -2.34. The smallest absolute Gasteiger partial charge is 0.290 e. The first-order chi connectivity index (χ1) is 7.72. The average Bonchev–Trinajstić information content (AvgIpc) is 2.55. The van der Waals surface area contributed by atoms with E-state index in [1.165, 1.54) is 4.90 Å². The zero-order chi connectivity index (χ0) is 11.5. The topological polar surface area (TPSA) is 49.4 Å². The molecule has 1 heterocycles. The summed E-state index contributed by atoms with van der Waals surface area (Å²) in [6.07, 6.45) is 0. The Bertz CT molecular complexity index is 408. The Morgan fingerprint density at radius 2 is 2.00 bits per heavy atom. The number of benzene rings is 1. The van der Waals surface area contributed by atoms with Crippen LogP contribution in [0.5, 0.6) is 0 Å². The van der Waals surface area contributed by atoms with E-state index in [9.17, 15) is 9.59 Å². The van der Waals surface area contributed by atoms with Gasteiger partial charge in [0.1, 0.15) is 0 Å².